The van der Waals surface area contributed by atoms with Crippen LogP contribution in [0.15, 0.2) is 41.8 Å². The van der Waals surface area contributed by atoms with E-state index < -0.39 is 0 Å². The summed E-state index contributed by atoms with van der Waals surface area (Å²) in [5.41, 5.74) is 1.15. The van der Waals surface area contributed by atoms with Crippen LogP contribution in [0.4, 0.5) is 4.39 Å². The highest BCUT2D eigenvalue weighted by Gasteiger charge is 1.99. The van der Waals surface area contributed by atoms with Crippen LogP contribution < -0.4 is 10.1 Å². The molecule has 0 saturated heterocycles. The molecule has 0 spiro atoms. The lowest BCUT2D eigenvalue weighted by atomic mass is 10.3. The average Bonchev–Trinajstić information content (AvgIpc) is 2.87. The van der Waals surface area contributed by atoms with Gasteiger partial charge in [0.1, 0.15) is 18.2 Å². The molecule has 0 bridgehead atoms. The van der Waals surface area contributed by atoms with Crippen LogP contribution in [-0.2, 0) is 4.79 Å². The Morgan fingerprint density at radius 3 is 3.00 bits per heavy atom. The highest BCUT2D eigenvalue weighted by atomic mass is 32.1. The highest BCUT2D eigenvalue weighted by molar-refractivity contribution is 7.11. The first-order chi connectivity index (χ1) is 10.1. The number of nitrogens with one attached hydrogen (secondary N) is 1. The second kappa shape index (κ2) is 7.59. The molecule has 3 nitrogen and oxygen atoms in total. The maximum atomic E-state index is 12.9. The van der Waals surface area contributed by atoms with Gasteiger partial charge in [-0.15, -0.1) is 11.3 Å². The van der Waals surface area contributed by atoms with E-state index in [1.807, 2.05) is 18.4 Å². The third-order valence-electron chi connectivity index (χ3n) is 2.75. The second-order valence-electron chi connectivity index (χ2n) is 4.40. The van der Waals surface area contributed by atoms with Crippen molar-refractivity contribution >= 4 is 23.3 Å². The predicted octanol–water partition coefficient (Wildman–Crippen LogP) is 3.40. The predicted molar refractivity (Wildman–Crippen MR) is 83.0 cm³/mol. The molecule has 1 N–H and O–H groups in total. The van der Waals surface area contributed by atoms with Crippen LogP contribution >= 0.6 is 11.3 Å². The molecule has 0 unspecified atom stereocenters. The largest absolute Gasteiger partial charge is 0.492 e. The lowest BCUT2D eigenvalue weighted by molar-refractivity contribution is -0.116. The Kier molecular flexibility index (Phi) is 5.51. The third kappa shape index (κ3) is 5.04. The van der Waals surface area contributed by atoms with Crippen molar-refractivity contribution in [3.8, 4) is 5.75 Å². The van der Waals surface area contributed by atoms with Gasteiger partial charge in [0.05, 0.1) is 6.54 Å². The van der Waals surface area contributed by atoms with E-state index in [4.69, 9.17) is 4.74 Å². The van der Waals surface area contributed by atoms with Crippen molar-refractivity contribution < 1.29 is 13.9 Å². The zero-order valence-electron chi connectivity index (χ0n) is 11.6. The van der Waals surface area contributed by atoms with Gasteiger partial charge in [-0.05, 0) is 42.1 Å². The van der Waals surface area contributed by atoms with E-state index >= 15 is 0 Å². The Labute approximate surface area is 127 Å². The Morgan fingerprint density at radius 2 is 2.29 bits per heavy atom. The van der Waals surface area contributed by atoms with Crippen molar-refractivity contribution in [1.29, 1.82) is 0 Å². The molecule has 0 fully saturated rings. The van der Waals surface area contributed by atoms with Gasteiger partial charge in [-0.25, -0.2) is 4.39 Å². The van der Waals surface area contributed by atoms with Crippen LogP contribution in [-0.4, -0.2) is 19.1 Å². The number of carbonyl (C=O) groups excluding carboxylic acids is 1. The number of hydrogen-bond acceptors (Lipinski definition) is 3. The fourth-order valence-corrected chi connectivity index (χ4v) is 2.48. The summed E-state index contributed by atoms with van der Waals surface area (Å²) in [6.45, 7) is 2.66. The highest BCUT2D eigenvalue weighted by Crippen LogP contribution is 2.16. The first-order valence-electron chi connectivity index (χ1n) is 6.53. The van der Waals surface area contributed by atoms with Crippen molar-refractivity contribution in [2.75, 3.05) is 13.2 Å². The van der Waals surface area contributed by atoms with Gasteiger partial charge in [0.2, 0.25) is 5.91 Å². The number of aryl methyl sites for hydroxylation is 1. The number of thiophene rings is 1. The van der Waals surface area contributed by atoms with Crippen LogP contribution in [0, 0.1) is 12.7 Å². The molecule has 5 heteroatoms. The van der Waals surface area contributed by atoms with Gasteiger partial charge >= 0.3 is 0 Å². The zero-order chi connectivity index (χ0) is 15.1. The minimum absolute atomic E-state index is 0.175. The summed E-state index contributed by atoms with van der Waals surface area (Å²) in [7, 11) is 0. The molecule has 110 valence electrons. The second-order valence-corrected chi connectivity index (χ2v) is 5.35. The number of rotatable bonds is 6. The van der Waals surface area contributed by atoms with Crippen molar-refractivity contribution in [3.05, 3.63) is 58.0 Å². The molecule has 21 heavy (non-hydrogen) atoms. The van der Waals surface area contributed by atoms with E-state index in [0.29, 0.717) is 18.9 Å². The van der Waals surface area contributed by atoms with Gasteiger partial charge in [0.25, 0.3) is 0 Å². The Bertz CT molecular complexity index is 637. The van der Waals surface area contributed by atoms with Crippen molar-refractivity contribution in [2.45, 2.75) is 6.92 Å². The molecule has 1 aromatic heterocycles. The Morgan fingerprint density at radius 1 is 1.43 bits per heavy atom. The maximum Gasteiger partial charge on any atom is 0.244 e. The average molecular weight is 305 g/mol. The molecular weight excluding hydrogens is 289 g/mol. The Hall–Kier alpha value is -2.14. The first kappa shape index (κ1) is 15.3. The van der Waals surface area contributed by atoms with E-state index in [1.165, 1.54) is 18.2 Å². The standard InChI is InChI=1S/C16H16FNO2S/c1-12-7-10-21-15(12)5-6-16(19)18-8-9-20-14-4-2-3-13(17)11-14/h2-7,10-11H,8-9H2,1H3,(H,18,19)/b6-5+. The van der Waals surface area contributed by atoms with Crippen LogP contribution in [0.2, 0.25) is 0 Å². The molecule has 2 aromatic rings. The van der Waals surface area contributed by atoms with Crippen LogP contribution in [0.3, 0.4) is 0 Å². The summed E-state index contributed by atoms with van der Waals surface area (Å²) in [6.07, 6.45) is 3.30. The summed E-state index contributed by atoms with van der Waals surface area (Å²) in [6, 6.07) is 7.92. The summed E-state index contributed by atoms with van der Waals surface area (Å²) in [5, 5.41) is 4.70. The maximum absolute atomic E-state index is 12.9. The molecule has 0 aliphatic rings. The zero-order valence-corrected chi connectivity index (χ0v) is 12.5. The summed E-state index contributed by atoms with van der Waals surface area (Å²) in [5.74, 6) is -0.0644. The normalized spacial score (nSPS) is 10.8. The van der Waals surface area contributed by atoms with E-state index in [9.17, 15) is 9.18 Å². The molecule has 0 aliphatic carbocycles. The number of ether oxygens (including phenoxy) is 1. The summed E-state index contributed by atoms with van der Waals surface area (Å²) < 4.78 is 18.2. The van der Waals surface area contributed by atoms with Gasteiger partial charge < -0.3 is 10.1 Å². The number of benzene rings is 1. The molecule has 0 saturated carbocycles. The number of halogens is 1. The first-order valence-corrected chi connectivity index (χ1v) is 7.41. The third-order valence-corrected chi connectivity index (χ3v) is 3.74. The minimum Gasteiger partial charge on any atom is -0.492 e. The van der Waals surface area contributed by atoms with Gasteiger partial charge in [-0.1, -0.05) is 6.07 Å². The van der Waals surface area contributed by atoms with Crippen molar-refractivity contribution in [2.24, 2.45) is 0 Å². The van der Waals surface area contributed by atoms with E-state index in [1.54, 1.807) is 29.5 Å². The number of carbonyl (C=O) groups is 1. The van der Waals surface area contributed by atoms with Gasteiger partial charge in [-0.2, -0.15) is 0 Å². The van der Waals surface area contributed by atoms with Crippen molar-refractivity contribution in [3.63, 3.8) is 0 Å². The van der Waals surface area contributed by atoms with Crippen LogP contribution in [0.1, 0.15) is 10.4 Å². The molecule has 1 heterocycles. The molecule has 1 amide bonds. The Balaban J connectivity index is 1.70. The summed E-state index contributed by atoms with van der Waals surface area (Å²) >= 11 is 1.59. The fourth-order valence-electron chi connectivity index (χ4n) is 1.67. The quantitative estimate of drug-likeness (QED) is 0.656. The topological polar surface area (TPSA) is 38.3 Å². The van der Waals surface area contributed by atoms with Gasteiger partial charge in [-0.3, -0.25) is 4.79 Å². The van der Waals surface area contributed by atoms with Gasteiger partial charge in [0.15, 0.2) is 0 Å². The molecule has 1 aromatic carbocycles. The fraction of sp³-hybridized carbons (Fsp3) is 0.188. The van der Waals surface area contributed by atoms with Crippen molar-refractivity contribution in [1.82, 2.24) is 5.32 Å². The molecule has 0 radical (unpaired) electrons. The number of amides is 1. The molecule has 0 atom stereocenters. The SMILES string of the molecule is Cc1ccsc1/C=C/C(=O)NCCOc1cccc(F)c1. The number of hydrogen-bond donors (Lipinski definition) is 1. The lowest BCUT2D eigenvalue weighted by Crippen LogP contribution is -2.26. The molecule has 0 aliphatic heterocycles. The van der Waals surface area contributed by atoms with E-state index in [-0.39, 0.29) is 11.7 Å². The van der Waals surface area contributed by atoms with E-state index in [2.05, 4.69) is 5.32 Å². The smallest absolute Gasteiger partial charge is 0.244 e. The minimum atomic E-state index is -0.342. The monoisotopic (exact) mass is 305 g/mol. The lowest BCUT2D eigenvalue weighted by Gasteiger charge is -2.06. The van der Waals surface area contributed by atoms with Crippen LogP contribution in [0.25, 0.3) is 6.08 Å². The van der Waals surface area contributed by atoms with Gasteiger partial charge in [0, 0.05) is 17.0 Å². The van der Waals surface area contributed by atoms with E-state index in [0.717, 1.165) is 10.4 Å². The summed E-state index contributed by atoms with van der Waals surface area (Å²) in [4.78, 5) is 12.7. The van der Waals surface area contributed by atoms with Crippen LogP contribution in [0.5, 0.6) is 5.75 Å². The molecule has 2 rings (SSSR count). The molecular formula is C16H16FNO2S.